The van der Waals surface area contributed by atoms with Gasteiger partial charge in [0.15, 0.2) is 0 Å². The van der Waals surface area contributed by atoms with Crippen LogP contribution < -0.4 is 0 Å². The maximum atomic E-state index is 12.1. The molecule has 0 aromatic carbocycles. The average molecular weight is 292 g/mol. The van der Waals surface area contributed by atoms with Gasteiger partial charge in [0.2, 0.25) is 0 Å². The Kier molecular flexibility index (Phi) is 4.60. The first-order valence-electron chi connectivity index (χ1n) is 7.11. The van der Waals surface area contributed by atoms with Crippen molar-refractivity contribution in [2.24, 2.45) is 5.92 Å². The third-order valence-electron chi connectivity index (χ3n) is 4.34. The first-order chi connectivity index (χ1) is 9.99. The van der Waals surface area contributed by atoms with Crippen LogP contribution in [0.15, 0.2) is 22.3 Å². The second kappa shape index (κ2) is 6.24. The van der Waals surface area contributed by atoms with Crippen molar-refractivity contribution in [2.45, 2.75) is 39.0 Å². The Hall–Kier alpha value is -1.91. The van der Waals surface area contributed by atoms with Crippen LogP contribution in [0.3, 0.4) is 0 Å². The SMILES string of the molecule is COC(=O)C1=C(C(=O)OC)C(C)C2=C(CCC(=O)CC2)C1. The van der Waals surface area contributed by atoms with Crippen LogP contribution in [0, 0.1) is 5.92 Å². The zero-order valence-corrected chi connectivity index (χ0v) is 12.7. The van der Waals surface area contributed by atoms with Crippen LogP contribution in [0.5, 0.6) is 0 Å². The molecule has 0 saturated heterocycles. The summed E-state index contributed by atoms with van der Waals surface area (Å²) in [6.07, 6.45) is 2.71. The summed E-state index contributed by atoms with van der Waals surface area (Å²) in [7, 11) is 2.60. The molecule has 114 valence electrons. The summed E-state index contributed by atoms with van der Waals surface area (Å²) in [6, 6.07) is 0. The molecule has 21 heavy (non-hydrogen) atoms. The standard InChI is InChI=1S/C16H20O5/c1-9-12-7-6-11(17)5-4-10(12)8-13(15(18)20-2)14(9)16(19)21-3/h9H,4-8H2,1-3H3. The maximum absolute atomic E-state index is 12.1. The van der Waals surface area contributed by atoms with Crippen molar-refractivity contribution in [1.29, 1.82) is 0 Å². The summed E-state index contributed by atoms with van der Waals surface area (Å²) >= 11 is 0. The number of methoxy groups -OCH3 is 2. The normalized spacial score (nSPS) is 22.6. The van der Waals surface area contributed by atoms with E-state index in [1.165, 1.54) is 14.2 Å². The minimum Gasteiger partial charge on any atom is -0.466 e. The Bertz CT molecular complexity index is 553. The Morgan fingerprint density at radius 1 is 1.00 bits per heavy atom. The molecule has 0 aliphatic heterocycles. The molecule has 0 heterocycles. The smallest absolute Gasteiger partial charge is 0.334 e. The van der Waals surface area contributed by atoms with Crippen molar-refractivity contribution >= 4 is 17.7 Å². The molecule has 0 bridgehead atoms. The number of carbonyl (C=O) groups is 3. The van der Waals surface area contributed by atoms with Gasteiger partial charge in [0.25, 0.3) is 0 Å². The average Bonchev–Trinajstić information content (AvgIpc) is 2.68. The summed E-state index contributed by atoms with van der Waals surface area (Å²) in [6.45, 7) is 1.89. The number of ether oxygens (including phenoxy) is 2. The number of rotatable bonds is 2. The maximum Gasteiger partial charge on any atom is 0.334 e. The van der Waals surface area contributed by atoms with E-state index in [9.17, 15) is 14.4 Å². The zero-order valence-electron chi connectivity index (χ0n) is 12.7. The Morgan fingerprint density at radius 2 is 1.62 bits per heavy atom. The van der Waals surface area contributed by atoms with E-state index in [-0.39, 0.29) is 11.7 Å². The summed E-state index contributed by atoms with van der Waals surface area (Å²) in [5, 5.41) is 0. The van der Waals surface area contributed by atoms with Crippen LogP contribution in [0.25, 0.3) is 0 Å². The zero-order chi connectivity index (χ0) is 15.6. The van der Waals surface area contributed by atoms with Gasteiger partial charge in [-0.25, -0.2) is 9.59 Å². The Labute approximate surface area is 124 Å². The molecule has 2 rings (SSSR count). The molecule has 0 fully saturated rings. The number of allylic oxidation sites excluding steroid dienone is 2. The summed E-state index contributed by atoms with van der Waals surface area (Å²) in [4.78, 5) is 35.7. The lowest BCUT2D eigenvalue weighted by molar-refractivity contribution is -0.139. The van der Waals surface area contributed by atoms with Gasteiger partial charge < -0.3 is 9.47 Å². The van der Waals surface area contributed by atoms with Gasteiger partial charge in [-0.15, -0.1) is 0 Å². The first kappa shape index (κ1) is 15.5. The van der Waals surface area contributed by atoms with Crippen molar-refractivity contribution in [1.82, 2.24) is 0 Å². The van der Waals surface area contributed by atoms with E-state index in [1.54, 1.807) is 0 Å². The summed E-state index contributed by atoms with van der Waals surface area (Å²) in [5.41, 5.74) is 2.94. The van der Waals surface area contributed by atoms with E-state index < -0.39 is 11.9 Å². The molecule has 5 heteroatoms. The lowest BCUT2D eigenvalue weighted by Crippen LogP contribution is -2.25. The van der Waals surface area contributed by atoms with E-state index in [4.69, 9.17) is 9.47 Å². The monoisotopic (exact) mass is 292 g/mol. The van der Waals surface area contributed by atoms with Gasteiger partial charge in [0, 0.05) is 25.2 Å². The van der Waals surface area contributed by atoms with Gasteiger partial charge in [-0.2, -0.15) is 0 Å². The van der Waals surface area contributed by atoms with Crippen molar-refractivity contribution in [3.05, 3.63) is 22.3 Å². The highest BCUT2D eigenvalue weighted by molar-refractivity contribution is 6.02. The molecule has 2 aliphatic rings. The predicted molar refractivity (Wildman–Crippen MR) is 75.3 cm³/mol. The number of carbonyl (C=O) groups excluding carboxylic acids is 3. The third-order valence-corrected chi connectivity index (χ3v) is 4.34. The number of esters is 2. The number of ketones is 1. The van der Waals surface area contributed by atoms with Crippen LogP contribution in [0.2, 0.25) is 0 Å². The number of Topliss-reactive ketones (excluding diaryl/α,β-unsaturated/α-hetero) is 1. The molecule has 0 spiro atoms. The number of hydrogen-bond acceptors (Lipinski definition) is 5. The highest BCUT2D eigenvalue weighted by atomic mass is 16.5. The van der Waals surface area contributed by atoms with Gasteiger partial charge in [0.1, 0.15) is 5.78 Å². The van der Waals surface area contributed by atoms with Gasteiger partial charge in [0.05, 0.1) is 25.4 Å². The van der Waals surface area contributed by atoms with Crippen molar-refractivity contribution in [2.75, 3.05) is 14.2 Å². The summed E-state index contributed by atoms with van der Waals surface area (Å²) in [5.74, 6) is -0.966. The largest absolute Gasteiger partial charge is 0.466 e. The van der Waals surface area contributed by atoms with Gasteiger partial charge >= 0.3 is 11.9 Å². The highest BCUT2D eigenvalue weighted by Gasteiger charge is 2.35. The van der Waals surface area contributed by atoms with Crippen LogP contribution in [-0.4, -0.2) is 31.9 Å². The molecule has 0 N–H and O–H groups in total. The molecule has 0 saturated carbocycles. The van der Waals surface area contributed by atoms with Gasteiger partial charge in [-0.05, 0) is 12.8 Å². The van der Waals surface area contributed by atoms with E-state index >= 15 is 0 Å². The molecular formula is C16H20O5. The fourth-order valence-corrected chi connectivity index (χ4v) is 3.21. The molecule has 0 amide bonds. The molecular weight excluding hydrogens is 272 g/mol. The molecule has 2 aliphatic carbocycles. The minimum atomic E-state index is -0.496. The topological polar surface area (TPSA) is 69.7 Å². The summed E-state index contributed by atoms with van der Waals surface area (Å²) < 4.78 is 9.62. The molecule has 0 radical (unpaired) electrons. The fraction of sp³-hybridized carbons (Fsp3) is 0.562. The van der Waals surface area contributed by atoms with Crippen molar-refractivity contribution in [3.8, 4) is 0 Å². The first-order valence-corrected chi connectivity index (χ1v) is 7.11. The van der Waals surface area contributed by atoms with E-state index in [2.05, 4.69) is 0 Å². The minimum absolute atomic E-state index is 0.207. The van der Waals surface area contributed by atoms with Crippen LogP contribution in [0.1, 0.15) is 39.0 Å². The van der Waals surface area contributed by atoms with Crippen LogP contribution in [-0.2, 0) is 23.9 Å². The lowest BCUT2D eigenvalue weighted by atomic mass is 9.77. The van der Waals surface area contributed by atoms with E-state index in [0.29, 0.717) is 43.3 Å². The molecule has 0 aromatic heterocycles. The highest BCUT2D eigenvalue weighted by Crippen LogP contribution is 2.41. The molecule has 1 atom stereocenters. The van der Waals surface area contributed by atoms with Gasteiger partial charge in [-0.1, -0.05) is 18.1 Å². The third kappa shape index (κ3) is 2.91. The second-order valence-corrected chi connectivity index (χ2v) is 5.44. The Morgan fingerprint density at radius 3 is 2.24 bits per heavy atom. The van der Waals surface area contributed by atoms with Crippen molar-refractivity contribution < 1.29 is 23.9 Å². The number of hydrogen-bond donors (Lipinski definition) is 0. The van der Waals surface area contributed by atoms with Gasteiger partial charge in [-0.3, -0.25) is 4.79 Å². The fourth-order valence-electron chi connectivity index (χ4n) is 3.21. The lowest BCUT2D eigenvalue weighted by Gasteiger charge is -2.28. The molecule has 5 nitrogen and oxygen atoms in total. The van der Waals surface area contributed by atoms with E-state index in [1.807, 2.05) is 6.92 Å². The van der Waals surface area contributed by atoms with Crippen molar-refractivity contribution in [3.63, 3.8) is 0 Å². The predicted octanol–water partition coefficient (Wildman–Crippen LogP) is 2.11. The molecule has 1 unspecified atom stereocenters. The second-order valence-electron chi connectivity index (χ2n) is 5.44. The van der Waals surface area contributed by atoms with Crippen LogP contribution in [0.4, 0.5) is 0 Å². The molecule has 0 aromatic rings. The van der Waals surface area contributed by atoms with Crippen LogP contribution >= 0.6 is 0 Å². The Balaban J connectivity index is 2.43. The quantitative estimate of drug-likeness (QED) is 0.576. The van der Waals surface area contributed by atoms with E-state index in [0.717, 1.165) is 11.1 Å².